The number of thioether (sulfide) groups is 1. The summed E-state index contributed by atoms with van der Waals surface area (Å²) < 4.78 is 3.29. The maximum absolute atomic E-state index is 12.1. The Kier molecular flexibility index (Phi) is 4.17. The van der Waals surface area contributed by atoms with Crippen molar-refractivity contribution in [1.82, 2.24) is 24.1 Å². The van der Waals surface area contributed by atoms with Crippen molar-refractivity contribution in [3.05, 3.63) is 51.2 Å². The molecule has 0 spiro atoms. The van der Waals surface area contributed by atoms with E-state index in [-0.39, 0.29) is 5.56 Å². The van der Waals surface area contributed by atoms with E-state index in [0.29, 0.717) is 22.6 Å². The van der Waals surface area contributed by atoms with Crippen LogP contribution in [0.4, 0.5) is 0 Å². The molecule has 0 unspecified atom stereocenters. The quantitative estimate of drug-likeness (QED) is 0.541. The van der Waals surface area contributed by atoms with Gasteiger partial charge in [-0.3, -0.25) is 4.79 Å². The van der Waals surface area contributed by atoms with Crippen LogP contribution >= 0.6 is 23.4 Å². The van der Waals surface area contributed by atoms with Crippen LogP contribution in [-0.2, 0) is 6.54 Å². The summed E-state index contributed by atoms with van der Waals surface area (Å²) >= 11 is 7.32. The molecule has 3 rings (SSSR count). The first-order valence-corrected chi connectivity index (χ1v) is 8.15. The average Bonchev–Trinajstić information content (AvgIpc) is 2.90. The van der Waals surface area contributed by atoms with Crippen LogP contribution in [0.1, 0.15) is 18.2 Å². The molecule has 0 aliphatic rings. The van der Waals surface area contributed by atoms with E-state index in [1.54, 1.807) is 18.3 Å². The van der Waals surface area contributed by atoms with Crippen LogP contribution in [0, 0.1) is 6.92 Å². The molecule has 114 valence electrons. The molecule has 3 aromatic rings. The van der Waals surface area contributed by atoms with Crippen LogP contribution < -0.4 is 5.56 Å². The molecule has 0 bridgehead atoms. The standard InChI is InChI=1S/C14H14ClN5OS/c1-3-22-13-17-14-19(8-10-4-5-11(15)16-7-10)9(2)6-12(21)20(14)18-13/h4-7H,3,8H2,1-2H3. The molecule has 0 amide bonds. The van der Waals surface area contributed by atoms with Crippen molar-refractivity contribution < 1.29 is 0 Å². The summed E-state index contributed by atoms with van der Waals surface area (Å²) in [5.41, 5.74) is 1.63. The number of halogens is 1. The predicted molar refractivity (Wildman–Crippen MR) is 86.7 cm³/mol. The maximum Gasteiger partial charge on any atom is 0.275 e. The Morgan fingerprint density at radius 2 is 2.18 bits per heavy atom. The summed E-state index contributed by atoms with van der Waals surface area (Å²) in [4.78, 5) is 20.6. The van der Waals surface area contributed by atoms with E-state index in [9.17, 15) is 4.79 Å². The van der Waals surface area contributed by atoms with Gasteiger partial charge in [0.25, 0.3) is 5.56 Å². The Balaban J connectivity index is 2.11. The molecule has 6 nitrogen and oxygen atoms in total. The van der Waals surface area contributed by atoms with Crippen LogP contribution in [0.5, 0.6) is 0 Å². The number of hydrogen-bond donors (Lipinski definition) is 0. The van der Waals surface area contributed by atoms with Gasteiger partial charge in [0, 0.05) is 18.0 Å². The zero-order chi connectivity index (χ0) is 15.7. The van der Waals surface area contributed by atoms with Gasteiger partial charge in [0.15, 0.2) is 0 Å². The van der Waals surface area contributed by atoms with E-state index in [2.05, 4.69) is 15.1 Å². The van der Waals surface area contributed by atoms with Gasteiger partial charge in [-0.2, -0.15) is 9.50 Å². The second-order valence-electron chi connectivity index (χ2n) is 4.74. The number of aromatic nitrogens is 5. The largest absolute Gasteiger partial charge is 0.310 e. The molecule has 0 aliphatic heterocycles. The molecule has 3 aromatic heterocycles. The van der Waals surface area contributed by atoms with Gasteiger partial charge in [-0.25, -0.2) is 4.98 Å². The first-order chi connectivity index (χ1) is 10.6. The Labute approximate surface area is 136 Å². The van der Waals surface area contributed by atoms with Crippen molar-refractivity contribution >= 4 is 29.1 Å². The maximum atomic E-state index is 12.1. The molecular weight excluding hydrogens is 322 g/mol. The van der Waals surface area contributed by atoms with Crippen molar-refractivity contribution in [3.63, 3.8) is 0 Å². The second-order valence-corrected chi connectivity index (χ2v) is 6.36. The van der Waals surface area contributed by atoms with Crippen molar-refractivity contribution in [3.8, 4) is 0 Å². The van der Waals surface area contributed by atoms with Crippen LogP contribution in [0.3, 0.4) is 0 Å². The van der Waals surface area contributed by atoms with Crippen molar-refractivity contribution in [2.24, 2.45) is 0 Å². The third kappa shape index (κ3) is 2.86. The Morgan fingerprint density at radius 3 is 2.86 bits per heavy atom. The number of nitrogens with zero attached hydrogens (tertiary/aromatic N) is 5. The van der Waals surface area contributed by atoms with Gasteiger partial charge in [-0.1, -0.05) is 36.4 Å². The van der Waals surface area contributed by atoms with Gasteiger partial charge >= 0.3 is 0 Å². The number of fused-ring (bicyclic) bond motifs is 1. The number of pyridine rings is 1. The highest BCUT2D eigenvalue weighted by atomic mass is 35.5. The van der Waals surface area contributed by atoms with Gasteiger partial charge in [0.05, 0.1) is 6.54 Å². The lowest BCUT2D eigenvalue weighted by atomic mass is 10.3. The lowest BCUT2D eigenvalue weighted by Gasteiger charge is -2.11. The smallest absolute Gasteiger partial charge is 0.275 e. The van der Waals surface area contributed by atoms with Gasteiger partial charge in [-0.05, 0) is 24.3 Å². The van der Waals surface area contributed by atoms with E-state index in [4.69, 9.17) is 11.6 Å². The topological polar surface area (TPSA) is 65.1 Å². The highest BCUT2D eigenvalue weighted by molar-refractivity contribution is 7.99. The minimum atomic E-state index is -0.173. The number of aryl methyl sites for hydroxylation is 1. The number of hydrogen-bond acceptors (Lipinski definition) is 5. The molecule has 3 heterocycles. The molecule has 0 radical (unpaired) electrons. The summed E-state index contributed by atoms with van der Waals surface area (Å²) in [5.74, 6) is 1.39. The van der Waals surface area contributed by atoms with Crippen LogP contribution in [0.2, 0.25) is 5.15 Å². The van der Waals surface area contributed by atoms with Crippen LogP contribution in [0.15, 0.2) is 34.3 Å². The first kappa shape index (κ1) is 15.1. The normalized spacial score (nSPS) is 11.2. The summed E-state index contributed by atoms with van der Waals surface area (Å²) in [6.45, 7) is 4.45. The third-order valence-corrected chi connectivity index (χ3v) is 4.13. The molecule has 0 aromatic carbocycles. The zero-order valence-corrected chi connectivity index (χ0v) is 13.7. The fourth-order valence-corrected chi connectivity index (χ4v) is 2.81. The summed E-state index contributed by atoms with van der Waals surface area (Å²) in [6.07, 6.45) is 1.72. The summed E-state index contributed by atoms with van der Waals surface area (Å²) in [7, 11) is 0. The van der Waals surface area contributed by atoms with E-state index >= 15 is 0 Å². The Bertz CT molecular complexity index is 871. The molecular formula is C14H14ClN5OS. The van der Waals surface area contributed by atoms with Crippen LogP contribution in [-0.4, -0.2) is 29.9 Å². The number of rotatable bonds is 4. The lowest BCUT2D eigenvalue weighted by molar-refractivity contribution is 0.727. The molecule has 22 heavy (non-hydrogen) atoms. The highest BCUT2D eigenvalue weighted by Gasteiger charge is 2.12. The molecule has 0 atom stereocenters. The minimum Gasteiger partial charge on any atom is -0.310 e. The minimum absolute atomic E-state index is 0.173. The van der Waals surface area contributed by atoms with Gasteiger partial charge < -0.3 is 4.57 Å². The SMILES string of the molecule is CCSc1nc2n(Cc3ccc(Cl)nc3)c(C)cc(=O)n2n1. The third-order valence-electron chi connectivity index (χ3n) is 3.18. The fourth-order valence-electron chi connectivity index (χ4n) is 2.15. The van der Waals surface area contributed by atoms with Crippen molar-refractivity contribution in [2.75, 3.05) is 5.75 Å². The van der Waals surface area contributed by atoms with E-state index < -0.39 is 0 Å². The molecule has 0 saturated carbocycles. The predicted octanol–water partition coefficient (Wildman–Crippen LogP) is 2.41. The molecule has 0 fully saturated rings. The Hall–Kier alpha value is -1.86. The molecule has 0 aliphatic carbocycles. The zero-order valence-electron chi connectivity index (χ0n) is 12.2. The van der Waals surface area contributed by atoms with Crippen LogP contribution in [0.25, 0.3) is 5.78 Å². The lowest BCUT2D eigenvalue weighted by Crippen LogP contribution is -2.20. The van der Waals surface area contributed by atoms with Gasteiger partial charge in [0.1, 0.15) is 5.15 Å². The summed E-state index contributed by atoms with van der Waals surface area (Å²) in [6, 6.07) is 5.21. The average molecular weight is 336 g/mol. The second kappa shape index (κ2) is 6.10. The van der Waals surface area contributed by atoms with E-state index in [0.717, 1.165) is 17.0 Å². The molecule has 8 heteroatoms. The van der Waals surface area contributed by atoms with Gasteiger partial charge in [0.2, 0.25) is 10.9 Å². The first-order valence-electron chi connectivity index (χ1n) is 6.79. The van der Waals surface area contributed by atoms with E-state index in [1.807, 2.05) is 24.5 Å². The summed E-state index contributed by atoms with van der Waals surface area (Å²) in [5, 5.41) is 5.32. The van der Waals surface area contributed by atoms with Crippen molar-refractivity contribution in [1.29, 1.82) is 0 Å². The fraction of sp³-hybridized carbons (Fsp3) is 0.286. The van der Waals surface area contributed by atoms with Crippen molar-refractivity contribution in [2.45, 2.75) is 25.5 Å². The monoisotopic (exact) mass is 335 g/mol. The van der Waals surface area contributed by atoms with E-state index in [1.165, 1.54) is 16.3 Å². The molecule has 0 N–H and O–H groups in total. The Morgan fingerprint density at radius 1 is 1.36 bits per heavy atom. The van der Waals surface area contributed by atoms with Gasteiger partial charge in [-0.15, -0.1) is 5.10 Å². The molecule has 0 saturated heterocycles. The highest BCUT2D eigenvalue weighted by Crippen LogP contribution is 2.15.